The van der Waals surface area contributed by atoms with Gasteiger partial charge in [0, 0.05) is 66.6 Å². The topological polar surface area (TPSA) is 90.1 Å². The van der Waals surface area contributed by atoms with Crippen LogP contribution < -0.4 is 10.6 Å². The molecule has 4 rings (SSSR count). The molecule has 0 bridgehead atoms. The monoisotopic (exact) mass is 421 g/mol. The molecule has 2 aliphatic rings. The summed E-state index contributed by atoms with van der Waals surface area (Å²) >= 11 is 1.88. The first-order chi connectivity index (χ1) is 13.1. The van der Waals surface area contributed by atoms with E-state index in [4.69, 9.17) is 0 Å². The number of halogens is 1. The van der Waals surface area contributed by atoms with E-state index in [1.807, 2.05) is 29.7 Å². The third-order valence-corrected chi connectivity index (χ3v) is 5.98. The molecule has 0 saturated carbocycles. The summed E-state index contributed by atoms with van der Waals surface area (Å²) in [7, 11) is 0. The van der Waals surface area contributed by atoms with E-state index >= 15 is 0 Å². The van der Waals surface area contributed by atoms with Gasteiger partial charge in [0.2, 0.25) is 0 Å². The lowest BCUT2D eigenvalue weighted by atomic mass is 10.1. The Morgan fingerprint density at radius 3 is 2.79 bits per heavy atom. The molecule has 1 fully saturated rings. The minimum Gasteiger partial charge on any atom is -0.337 e. The molecule has 3 N–H and O–H groups in total. The van der Waals surface area contributed by atoms with Crippen molar-refractivity contribution in [3.05, 3.63) is 46.3 Å². The predicted octanol–water partition coefficient (Wildman–Crippen LogP) is 2.23. The first-order valence-corrected chi connectivity index (χ1v) is 10.3. The summed E-state index contributed by atoms with van der Waals surface area (Å²) in [6.07, 6.45) is 0.848. The number of nitrogens with zero attached hydrogens (tertiary/aromatic N) is 2. The molecule has 1 aromatic carbocycles. The van der Waals surface area contributed by atoms with Crippen LogP contribution in [0.25, 0.3) is 0 Å². The fourth-order valence-corrected chi connectivity index (χ4v) is 4.38. The van der Waals surface area contributed by atoms with Gasteiger partial charge in [0.1, 0.15) is 0 Å². The number of benzene rings is 1. The van der Waals surface area contributed by atoms with Gasteiger partial charge >= 0.3 is 0 Å². The zero-order chi connectivity index (χ0) is 18.8. The van der Waals surface area contributed by atoms with Crippen molar-refractivity contribution < 1.29 is 9.59 Å². The lowest BCUT2D eigenvalue weighted by Gasteiger charge is -2.26. The van der Waals surface area contributed by atoms with Gasteiger partial charge in [0.15, 0.2) is 5.69 Å². The molecule has 1 aromatic heterocycles. The Labute approximate surface area is 174 Å². The van der Waals surface area contributed by atoms with E-state index in [1.165, 1.54) is 0 Å². The van der Waals surface area contributed by atoms with Crippen LogP contribution in [-0.2, 0) is 13.0 Å². The van der Waals surface area contributed by atoms with Gasteiger partial charge in [0.25, 0.3) is 11.8 Å². The van der Waals surface area contributed by atoms with Gasteiger partial charge in [-0.15, -0.1) is 12.4 Å². The van der Waals surface area contributed by atoms with Gasteiger partial charge in [-0.1, -0.05) is 0 Å². The highest BCUT2D eigenvalue weighted by atomic mass is 35.5. The molecule has 7 nitrogen and oxygen atoms in total. The fraction of sp³-hybridized carbons (Fsp3) is 0.421. The highest BCUT2D eigenvalue weighted by molar-refractivity contribution is 7.99. The molecule has 9 heteroatoms. The number of hydrogen-bond acceptors (Lipinski definition) is 5. The highest BCUT2D eigenvalue weighted by Gasteiger charge is 2.23. The molecule has 1 saturated heterocycles. The Morgan fingerprint density at radius 2 is 2.04 bits per heavy atom. The Bertz CT molecular complexity index is 879. The molecule has 0 spiro atoms. The van der Waals surface area contributed by atoms with Gasteiger partial charge in [-0.25, -0.2) is 0 Å². The van der Waals surface area contributed by atoms with Gasteiger partial charge in [0.05, 0.1) is 0 Å². The number of thioether (sulfide) groups is 1. The van der Waals surface area contributed by atoms with Crippen molar-refractivity contribution in [3.63, 3.8) is 0 Å². The maximum absolute atomic E-state index is 12.7. The second-order valence-corrected chi connectivity index (χ2v) is 8.07. The summed E-state index contributed by atoms with van der Waals surface area (Å²) in [6, 6.07) is 5.44. The van der Waals surface area contributed by atoms with Crippen LogP contribution in [0.1, 0.15) is 37.7 Å². The van der Waals surface area contributed by atoms with Crippen molar-refractivity contribution in [3.8, 4) is 0 Å². The van der Waals surface area contributed by atoms with E-state index in [1.54, 1.807) is 12.1 Å². The maximum atomic E-state index is 12.7. The number of anilines is 1. The number of nitrogens with one attached hydrogen (secondary N) is 3. The number of carbonyl (C=O) groups is 2. The lowest BCUT2D eigenvalue weighted by molar-refractivity contribution is 0.0772. The van der Waals surface area contributed by atoms with E-state index in [0.717, 1.165) is 54.4 Å². The maximum Gasteiger partial charge on any atom is 0.276 e. The minimum absolute atomic E-state index is 0. The average Bonchev–Trinajstić information content (AvgIpc) is 3.14. The summed E-state index contributed by atoms with van der Waals surface area (Å²) < 4.78 is 0. The quantitative estimate of drug-likeness (QED) is 0.707. The van der Waals surface area contributed by atoms with Crippen molar-refractivity contribution in [2.45, 2.75) is 19.9 Å². The first kappa shape index (κ1) is 20.7. The van der Waals surface area contributed by atoms with E-state index in [9.17, 15) is 9.59 Å². The van der Waals surface area contributed by atoms with Crippen LogP contribution in [0.15, 0.2) is 18.2 Å². The second-order valence-electron chi connectivity index (χ2n) is 6.84. The summed E-state index contributed by atoms with van der Waals surface area (Å²) in [6.45, 7) is 5.02. The van der Waals surface area contributed by atoms with Crippen LogP contribution in [-0.4, -0.2) is 58.1 Å². The van der Waals surface area contributed by atoms with Crippen molar-refractivity contribution >= 4 is 41.7 Å². The van der Waals surface area contributed by atoms with Gasteiger partial charge in [-0.05, 0) is 30.7 Å². The average molecular weight is 422 g/mol. The Balaban J connectivity index is 0.00000225. The third-order valence-electron chi connectivity index (χ3n) is 5.04. The zero-order valence-corrected chi connectivity index (χ0v) is 17.3. The predicted molar refractivity (Wildman–Crippen MR) is 114 cm³/mol. The van der Waals surface area contributed by atoms with E-state index in [2.05, 4.69) is 20.8 Å². The van der Waals surface area contributed by atoms with Crippen LogP contribution in [0, 0.1) is 6.92 Å². The second kappa shape index (κ2) is 8.98. The Hall–Kier alpha value is -2.03. The summed E-state index contributed by atoms with van der Waals surface area (Å²) in [4.78, 5) is 27.2. The standard InChI is InChI=1S/C19H23N5O2S.ClH/c1-12-10-13(19(26)24-6-8-27-9-7-24)2-3-15(12)21-18(25)17-14-11-20-5-4-16(14)22-23-17;/h2-3,10,20H,4-9,11H2,1H3,(H,21,25)(H,22,23);1H. The summed E-state index contributed by atoms with van der Waals surface area (Å²) in [5.74, 6) is 1.80. The van der Waals surface area contributed by atoms with Gasteiger partial charge in [-0.2, -0.15) is 16.9 Å². The third kappa shape index (κ3) is 4.19. The van der Waals surface area contributed by atoms with E-state index in [-0.39, 0.29) is 24.2 Å². The molecule has 0 atom stereocenters. The lowest BCUT2D eigenvalue weighted by Crippen LogP contribution is -2.37. The number of fused-ring (bicyclic) bond motifs is 1. The SMILES string of the molecule is Cc1cc(C(=O)N2CCSCC2)ccc1NC(=O)c1n[nH]c2c1CNCC2.Cl. The van der Waals surface area contributed by atoms with Crippen LogP contribution in [0.2, 0.25) is 0 Å². The van der Waals surface area contributed by atoms with Crippen molar-refractivity contribution in [2.24, 2.45) is 0 Å². The van der Waals surface area contributed by atoms with Gasteiger partial charge < -0.3 is 15.5 Å². The molecular weight excluding hydrogens is 398 g/mol. The first-order valence-electron chi connectivity index (χ1n) is 9.19. The van der Waals surface area contributed by atoms with Crippen molar-refractivity contribution in [1.29, 1.82) is 0 Å². The zero-order valence-electron chi connectivity index (χ0n) is 15.7. The number of aromatic nitrogens is 2. The fourth-order valence-electron chi connectivity index (χ4n) is 3.48. The smallest absolute Gasteiger partial charge is 0.276 e. The highest BCUT2D eigenvalue weighted by Crippen LogP contribution is 2.21. The van der Waals surface area contributed by atoms with Crippen molar-refractivity contribution in [1.82, 2.24) is 20.4 Å². The summed E-state index contributed by atoms with van der Waals surface area (Å²) in [5.41, 5.74) is 4.62. The molecule has 2 aliphatic heterocycles. The molecule has 0 aliphatic carbocycles. The number of carbonyl (C=O) groups excluding carboxylic acids is 2. The number of amides is 2. The molecule has 3 heterocycles. The van der Waals surface area contributed by atoms with Crippen LogP contribution in [0.4, 0.5) is 5.69 Å². The number of hydrogen-bond donors (Lipinski definition) is 3. The number of rotatable bonds is 3. The number of H-pyrrole nitrogens is 1. The largest absolute Gasteiger partial charge is 0.337 e. The van der Waals surface area contributed by atoms with Crippen LogP contribution in [0.3, 0.4) is 0 Å². The Kier molecular flexibility index (Phi) is 6.64. The Morgan fingerprint density at radius 1 is 1.25 bits per heavy atom. The normalized spacial score (nSPS) is 16.1. The van der Waals surface area contributed by atoms with Crippen LogP contribution >= 0.6 is 24.2 Å². The molecule has 0 radical (unpaired) electrons. The van der Waals surface area contributed by atoms with Gasteiger partial charge in [-0.3, -0.25) is 14.7 Å². The molecule has 0 unspecified atom stereocenters. The molecule has 2 aromatic rings. The number of aromatic amines is 1. The molecule has 2 amide bonds. The molecular formula is C19H24ClN5O2S. The van der Waals surface area contributed by atoms with E-state index < -0.39 is 0 Å². The number of aryl methyl sites for hydroxylation is 1. The minimum atomic E-state index is -0.230. The van der Waals surface area contributed by atoms with E-state index in [0.29, 0.717) is 23.5 Å². The summed E-state index contributed by atoms with van der Waals surface area (Å²) in [5, 5.41) is 13.4. The van der Waals surface area contributed by atoms with Crippen LogP contribution in [0.5, 0.6) is 0 Å². The molecule has 150 valence electrons. The molecule has 28 heavy (non-hydrogen) atoms. The van der Waals surface area contributed by atoms with Crippen molar-refractivity contribution in [2.75, 3.05) is 36.5 Å².